The van der Waals surface area contributed by atoms with Gasteiger partial charge in [-0.3, -0.25) is 9.97 Å². The summed E-state index contributed by atoms with van der Waals surface area (Å²) in [6.45, 7) is 1.96. The van der Waals surface area contributed by atoms with Crippen LogP contribution in [-0.2, 0) is 28.0 Å². The van der Waals surface area contributed by atoms with E-state index in [-0.39, 0.29) is 6.54 Å². The van der Waals surface area contributed by atoms with E-state index in [2.05, 4.69) is 24.7 Å². The number of hydrogen-bond acceptors (Lipinski definition) is 10. The lowest BCUT2D eigenvalue weighted by Crippen LogP contribution is -2.46. The fraction of sp³-hybridized carbons (Fsp3) is 0.286. The molecule has 12 nitrogen and oxygen atoms in total. The summed E-state index contributed by atoms with van der Waals surface area (Å²) in [4.78, 5) is 17.4. The molecule has 41 heavy (non-hydrogen) atoms. The zero-order valence-electron chi connectivity index (χ0n) is 22.9. The molecule has 1 aliphatic heterocycles. The molecule has 216 valence electrons. The molecule has 0 atom stereocenters. The highest BCUT2D eigenvalue weighted by molar-refractivity contribution is 7.87. The third-order valence-electron chi connectivity index (χ3n) is 5.98. The summed E-state index contributed by atoms with van der Waals surface area (Å²) in [5.41, 5.74) is 9.84. The number of nitrogens with two attached hydrogens (primary N) is 1. The first-order chi connectivity index (χ1) is 19.9. The van der Waals surface area contributed by atoms with Crippen LogP contribution in [0.1, 0.15) is 11.4 Å². The maximum atomic E-state index is 12.4. The minimum atomic E-state index is -3.57. The maximum absolute atomic E-state index is 12.4. The Morgan fingerprint density at radius 1 is 0.829 bits per heavy atom. The van der Waals surface area contributed by atoms with Crippen LogP contribution in [0.4, 0.5) is 0 Å². The number of methoxy groups -OCH3 is 2. The molecule has 0 amide bonds. The first kappa shape index (κ1) is 30.0. The predicted molar refractivity (Wildman–Crippen MR) is 154 cm³/mol. The minimum absolute atomic E-state index is 0.0662. The van der Waals surface area contributed by atoms with E-state index in [1.54, 1.807) is 38.7 Å². The van der Waals surface area contributed by atoms with Crippen molar-refractivity contribution in [2.24, 2.45) is 5.73 Å². The summed E-state index contributed by atoms with van der Waals surface area (Å²) >= 11 is 0. The second-order valence-corrected chi connectivity index (χ2v) is 10.5. The van der Waals surface area contributed by atoms with Crippen LogP contribution in [0.3, 0.4) is 0 Å². The second-order valence-electron chi connectivity index (χ2n) is 8.74. The molecule has 4 aromatic heterocycles. The Morgan fingerprint density at radius 2 is 1.37 bits per heavy atom. The molecular formula is C28H33N7O5S. The number of rotatable bonds is 9. The first-order valence-electron chi connectivity index (χ1n) is 12.9. The average molecular weight is 580 g/mol. The molecule has 4 aromatic rings. The van der Waals surface area contributed by atoms with Crippen molar-refractivity contribution in [2.75, 3.05) is 40.5 Å². The van der Waals surface area contributed by atoms with Crippen molar-refractivity contribution >= 4 is 10.2 Å². The van der Waals surface area contributed by atoms with Crippen LogP contribution in [0.25, 0.3) is 22.8 Å². The smallest absolute Gasteiger partial charge is 0.279 e. The van der Waals surface area contributed by atoms with E-state index in [1.165, 1.54) is 4.31 Å². The second kappa shape index (κ2) is 14.6. The lowest BCUT2D eigenvalue weighted by atomic mass is 10.2. The molecule has 0 saturated carbocycles. The van der Waals surface area contributed by atoms with Gasteiger partial charge in [0, 0.05) is 56.3 Å². The Bertz CT molecular complexity index is 1480. The van der Waals surface area contributed by atoms with Gasteiger partial charge >= 0.3 is 0 Å². The molecule has 0 aliphatic carbocycles. The number of nitrogens with one attached hydrogen (secondary N) is 1. The van der Waals surface area contributed by atoms with Crippen molar-refractivity contribution in [1.29, 1.82) is 0 Å². The third kappa shape index (κ3) is 8.49. The predicted octanol–water partition coefficient (Wildman–Crippen LogP) is 2.43. The molecular weight excluding hydrogens is 546 g/mol. The van der Waals surface area contributed by atoms with Gasteiger partial charge in [-0.05, 0) is 24.3 Å². The van der Waals surface area contributed by atoms with Crippen molar-refractivity contribution < 1.29 is 22.6 Å². The Balaban J connectivity index is 0.000000208. The molecule has 3 N–H and O–H groups in total. The molecule has 0 unspecified atom stereocenters. The quantitative estimate of drug-likeness (QED) is 0.302. The van der Waals surface area contributed by atoms with Crippen molar-refractivity contribution in [1.82, 2.24) is 29.0 Å². The van der Waals surface area contributed by atoms with E-state index in [4.69, 9.17) is 19.9 Å². The van der Waals surface area contributed by atoms with Gasteiger partial charge in [-0.15, -0.1) is 0 Å². The Kier molecular flexibility index (Phi) is 10.6. The fourth-order valence-corrected chi connectivity index (χ4v) is 5.03. The number of aromatic nitrogens is 4. The minimum Gasteiger partial charge on any atom is -0.497 e. The van der Waals surface area contributed by atoms with Crippen LogP contribution < -0.4 is 19.9 Å². The standard InChI is InChI=1S/C16H20N4O4S.C12H13N3O/c1-23-14-10-13(19-16(11-14)15-4-2-3-5-17-15)12-18-25(21,22)20-6-8-24-9-7-20;1-16-10-6-9(8-13)15-12(7-10)11-4-2-3-5-14-11/h2-5,10-11,18H,6-9,12H2,1H3;2-7H,8,13H2,1H3. The molecule has 13 heteroatoms. The molecule has 0 spiro atoms. The van der Waals surface area contributed by atoms with Crippen molar-refractivity contribution in [2.45, 2.75) is 13.1 Å². The Hall–Kier alpha value is -4.01. The molecule has 0 radical (unpaired) electrons. The van der Waals surface area contributed by atoms with E-state index >= 15 is 0 Å². The van der Waals surface area contributed by atoms with Gasteiger partial charge in [0.1, 0.15) is 11.5 Å². The van der Waals surface area contributed by atoms with E-state index in [9.17, 15) is 8.42 Å². The largest absolute Gasteiger partial charge is 0.497 e. The lowest BCUT2D eigenvalue weighted by molar-refractivity contribution is 0.0724. The van der Waals surface area contributed by atoms with Crippen molar-refractivity contribution in [3.8, 4) is 34.3 Å². The summed E-state index contributed by atoms with van der Waals surface area (Å²) in [6.07, 6.45) is 3.41. The zero-order chi connectivity index (χ0) is 29.1. The summed E-state index contributed by atoms with van der Waals surface area (Å²) < 4.78 is 44.3. The summed E-state index contributed by atoms with van der Waals surface area (Å²) in [7, 11) is -0.394. The normalized spacial score (nSPS) is 13.6. The van der Waals surface area contributed by atoms with Gasteiger partial charge in [0.05, 0.1) is 68.1 Å². The van der Waals surface area contributed by atoms with E-state index in [1.807, 2.05) is 48.5 Å². The van der Waals surface area contributed by atoms with Gasteiger partial charge in [-0.2, -0.15) is 17.4 Å². The van der Waals surface area contributed by atoms with Gasteiger partial charge in [0.15, 0.2) is 0 Å². The number of ether oxygens (including phenoxy) is 3. The topological polar surface area (TPSA) is 155 Å². The highest BCUT2D eigenvalue weighted by Gasteiger charge is 2.24. The average Bonchev–Trinajstić information content (AvgIpc) is 3.05. The number of pyridine rings is 4. The summed E-state index contributed by atoms with van der Waals surface area (Å²) in [6, 6.07) is 18.4. The van der Waals surface area contributed by atoms with Crippen LogP contribution >= 0.6 is 0 Å². The Labute approximate surface area is 239 Å². The highest BCUT2D eigenvalue weighted by atomic mass is 32.2. The monoisotopic (exact) mass is 579 g/mol. The van der Waals surface area contributed by atoms with Crippen LogP contribution in [-0.4, -0.2) is 73.2 Å². The van der Waals surface area contributed by atoms with Crippen LogP contribution in [0, 0.1) is 0 Å². The molecule has 5 heterocycles. The fourth-order valence-electron chi connectivity index (χ4n) is 3.88. The Morgan fingerprint density at radius 3 is 1.85 bits per heavy atom. The first-order valence-corrected chi connectivity index (χ1v) is 14.3. The zero-order valence-corrected chi connectivity index (χ0v) is 23.8. The van der Waals surface area contributed by atoms with Crippen LogP contribution in [0.5, 0.6) is 11.5 Å². The lowest BCUT2D eigenvalue weighted by Gasteiger charge is -2.26. The molecule has 1 fully saturated rings. The maximum Gasteiger partial charge on any atom is 0.279 e. The van der Waals surface area contributed by atoms with Crippen molar-refractivity contribution in [3.05, 3.63) is 84.4 Å². The van der Waals surface area contributed by atoms with Crippen molar-refractivity contribution in [3.63, 3.8) is 0 Å². The SMILES string of the molecule is COc1cc(CN)nc(-c2ccccn2)c1.COc1cc(CNS(=O)(=O)N2CCOCC2)nc(-c2ccccn2)c1. The highest BCUT2D eigenvalue weighted by Crippen LogP contribution is 2.22. The summed E-state index contributed by atoms with van der Waals surface area (Å²) in [5, 5.41) is 0. The van der Waals surface area contributed by atoms with E-state index in [0.717, 1.165) is 22.8 Å². The molecule has 5 rings (SSSR count). The van der Waals surface area contributed by atoms with Crippen LogP contribution in [0.2, 0.25) is 0 Å². The summed E-state index contributed by atoms with van der Waals surface area (Å²) in [5.74, 6) is 1.34. The molecule has 1 saturated heterocycles. The number of hydrogen-bond donors (Lipinski definition) is 2. The molecule has 1 aliphatic rings. The van der Waals surface area contributed by atoms with Gasteiger partial charge in [0.25, 0.3) is 10.2 Å². The van der Waals surface area contributed by atoms with E-state index in [0.29, 0.717) is 55.7 Å². The van der Waals surface area contributed by atoms with Gasteiger partial charge in [-0.25, -0.2) is 9.97 Å². The third-order valence-corrected chi connectivity index (χ3v) is 7.54. The van der Waals surface area contributed by atoms with Gasteiger partial charge in [-0.1, -0.05) is 12.1 Å². The van der Waals surface area contributed by atoms with Gasteiger partial charge in [0.2, 0.25) is 0 Å². The number of nitrogens with zero attached hydrogens (tertiary/aromatic N) is 5. The van der Waals surface area contributed by atoms with E-state index < -0.39 is 10.2 Å². The van der Waals surface area contributed by atoms with Crippen LogP contribution in [0.15, 0.2) is 73.1 Å². The molecule has 0 bridgehead atoms. The van der Waals surface area contributed by atoms with Gasteiger partial charge < -0.3 is 19.9 Å². The number of morpholine rings is 1. The molecule has 0 aromatic carbocycles.